The van der Waals surface area contributed by atoms with Gasteiger partial charge in [0.2, 0.25) is 0 Å². The largest absolute Gasteiger partial charge is 0.151 e. The third-order valence-corrected chi connectivity index (χ3v) is 1.19. The molecule has 0 saturated carbocycles. The summed E-state index contributed by atoms with van der Waals surface area (Å²) in [6.45, 7) is 4.68. The van der Waals surface area contributed by atoms with Crippen LogP contribution < -0.4 is 0 Å². The second kappa shape index (κ2) is 7.27. The molecular formula is C9H15NO. The Morgan fingerprint density at radius 3 is 2.64 bits per heavy atom. The van der Waals surface area contributed by atoms with Crippen molar-refractivity contribution in [1.29, 1.82) is 0 Å². The average molecular weight is 153 g/mol. The molecule has 0 fully saturated rings. The molecule has 0 N–H and O–H groups in total. The minimum atomic E-state index is 0.399. The minimum Gasteiger partial charge on any atom is -0.151 e. The Morgan fingerprint density at radius 2 is 2.09 bits per heavy atom. The molecule has 0 aromatic carbocycles. The van der Waals surface area contributed by atoms with Gasteiger partial charge >= 0.3 is 0 Å². The van der Waals surface area contributed by atoms with E-state index in [1.807, 2.05) is 0 Å². The Morgan fingerprint density at radius 1 is 1.36 bits per heavy atom. The molecular weight excluding hydrogens is 138 g/mol. The first-order chi connectivity index (χ1) is 5.27. The zero-order valence-electron chi connectivity index (χ0n) is 7.26. The first kappa shape index (κ1) is 10.2. The van der Waals surface area contributed by atoms with Crippen molar-refractivity contribution in [3.63, 3.8) is 0 Å². The molecule has 0 saturated heterocycles. The number of hydrogen-bond acceptors (Lipinski definition) is 2. The van der Waals surface area contributed by atoms with E-state index in [-0.39, 0.29) is 0 Å². The summed E-state index contributed by atoms with van der Waals surface area (Å²) in [6.07, 6.45) is 2.56. The lowest BCUT2D eigenvalue weighted by atomic mass is 10.1. The van der Waals surface area contributed by atoms with Crippen LogP contribution >= 0.6 is 0 Å². The Hall–Kier alpha value is -0.840. The first-order valence-electron chi connectivity index (χ1n) is 4.02. The van der Waals surface area contributed by atoms with Gasteiger partial charge < -0.3 is 0 Å². The topological polar surface area (TPSA) is 29.4 Å². The standard InChI is InChI=1S/C9H15NO/c1-9(2)7-5-3-4-6-8-10-11/h9H,4,6-8H2,1-2H3. The molecule has 62 valence electrons. The van der Waals surface area contributed by atoms with Gasteiger partial charge in [-0.25, -0.2) is 0 Å². The number of unbranched alkanes of at least 4 members (excludes halogenated alkanes) is 1. The first-order valence-corrected chi connectivity index (χ1v) is 4.02. The number of hydrogen-bond donors (Lipinski definition) is 0. The molecule has 0 aliphatic rings. The van der Waals surface area contributed by atoms with E-state index in [1.54, 1.807) is 0 Å². The second-order valence-corrected chi connectivity index (χ2v) is 2.91. The third kappa shape index (κ3) is 9.16. The predicted octanol–water partition coefficient (Wildman–Crippen LogP) is 2.58. The van der Waals surface area contributed by atoms with Crippen molar-refractivity contribution in [2.24, 2.45) is 11.1 Å². The van der Waals surface area contributed by atoms with Gasteiger partial charge in [0.15, 0.2) is 0 Å². The summed E-state index contributed by atoms with van der Waals surface area (Å²) < 4.78 is 0. The van der Waals surface area contributed by atoms with Crippen LogP contribution in [0.1, 0.15) is 33.1 Å². The molecule has 2 nitrogen and oxygen atoms in total. The highest BCUT2D eigenvalue weighted by Crippen LogP contribution is 1.96. The van der Waals surface area contributed by atoms with Gasteiger partial charge in [-0.05, 0) is 12.3 Å². The molecule has 0 radical (unpaired) electrons. The summed E-state index contributed by atoms with van der Waals surface area (Å²) in [5.74, 6) is 6.70. The van der Waals surface area contributed by atoms with Crippen molar-refractivity contribution in [3.8, 4) is 11.8 Å². The van der Waals surface area contributed by atoms with Gasteiger partial charge in [-0.2, -0.15) is 4.91 Å². The normalized spacial score (nSPS) is 9.00. The van der Waals surface area contributed by atoms with Crippen LogP contribution in [0, 0.1) is 22.7 Å². The quantitative estimate of drug-likeness (QED) is 0.347. The van der Waals surface area contributed by atoms with E-state index in [1.165, 1.54) is 0 Å². The van der Waals surface area contributed by atoms with Gasteiger partial charge in [-0.3, -0.25) is 0 Å². The Balaban J connectivity index is 3.19. The van der Waals surface area contributed by atoms with E-state index in [2.05, 4.69) is 30.9 Å². The molecule has 0 aromatic heterocycles. The molecule has 0 aliphatic carbocycles. The van der Waals surface area contributed by atoms with Gasteiger partial charge in [-0.1, -0.05) is 19.0 Å². The van der Waals surface area contributed by atoms with Gasteiger partial charge in [-0.15, -0.1) is 11.8 Å². The SMILES string of the molecule is CC(C)CC#CCCCN=O. The maximum Gasteiger partial charge on any atom is 0.0820 e. The maximum atomic E-state index is 9.65. The number of rotatable bonds is 4. The van der Waals surface area contributed by atoms with Crippen molar-refractivity contribution >= 4 is 0 Å². The van der Waals surface area contributed by atoms with Crippen molar-refractivity contribution in [1.82, 2.24) is 0 Å². The van der Waals surface area contributed by atoms with Crippen LogP contribution in [-0.4, -0.2) is 6.54 Å². The third-order valence-electron chi connectivity index (χ3n) is 1.19. The van der Waals surface area contributed by atoms with Crippen molar-refractivity contribution in [3.05, 3.63) is 4.91 Å². The molecule has 0 amide bonds. The lowest BCUT2D eigenvalue weighted by Gasteiger charge is -1.92. The van der Waals surface area contributed by atoms with Crippen LogP contribution in [-0.2, 0) is 0 Å². The molecule has 0 spiro atoms. The fourth-order valence-corrected chi connectivity index (χ4v) is 0.597. The van der Waals surface area contributed by atoms with E-state index in [0.717, 1.165) is 19.3 Å². The summed E-state index contributed by atoms with van der Waals surface area (Å²) in [7, 11) is 0. The number of nitroso groups, excluding NO2 is 1. The van der Waals surface area contributed by atoms with Crippen molar-refractivity contribution in [2.45, 2.75) is 33.1 Å². The minimum absolute atomic E-state index is 0.399. The van der Waals surface area contributed by atoms with Crippen LogP contribution in [0.15, 0.2) is 5.18 Å². The summed E-state index contributed by atoms with van der Waals surface area (Å²) >= 11 is 0. The fourth-order valence-electron chi connectivity index (χ4n) is 0.597. The second-order valence-electron chi connectivity index (χ2n) is 2.91. The molecule has 0 bridgehead atoms. The Labute approximate surface area is 68.4 Å². The maximum absolute atomic E-state index is 9.65. The zero-order valence-corrected chi connectivity index (χ0v) is 7.26. The summed E-state index contributed by atoms with van der Waals surface area (Å²) in [4.78, 5) is 9.65. The summed E-state index contributed by atoms with van der Waals surface area (Å²) in [6, 6.07) is 0. The lowest BCUT2D eigenvalue weighted by Crippen LogP contribution is -1.82. The Bertz CT molecular complexity index is 153. The van der Waals surface area contributed by atoms with E-state index in [9.17, 15) is 4.91 Å². The molecule has 0 aliphatic heterocycles. The van der Waals surface area contributed by atoms with Gasteiger partial charge in [0.1, 0.15) is 0 Å². The van der Waals surface area contributed by atoms with Gasteiger partial charge in [0.05, 0.1) is 6.54 Å². The Kier molecular flexibility index (Phi) is 6.71. The lowest BCUT2D eigenvalue weighted by molar-refractivity contribution is 0.675. The van der Waals surface area contributed by atoms with E-state index >= 15 is 0 Å². The molecule has 0 atom stereocenters. The molecule has 0 rings (SSSR count). The smallest absolute Gasteiger partial charge is 0.0820 e. The molecule has 0 heterocycles. The summed E-state index contributed by atoms with van der Waals surface area (Å²) in [5.41, 5.74) is 0. The fraction of sp³-hybridized carbons (Fsp3) is 0.778. The monoisotopic (exact) mass is 153 g/mol. The van der Waals surface area contributed by atoms with E-state index in [4.69, 9.17) is 0 Å². The van der Waals surface area contributed by atoms with Crippen LogP contribution in [0.2, 0.25) is 0 Å². The molecule has 0 aromatic rings. The average Bonchev–Trinajstić information content (AvgIpc) is 1.96. The highest BCUT2D eigenvalue weighted by Gasteiger charge is 1.86. The van der Waals surface area contributed by atoms with Gasteiger partial charge in [0, 0.05) is 12.8 Å². The zero-order chi connectivity index (χ0) is 8.53. The van der Waals surface area contributed by atoms with Crippen LogP contribution in [0.5, 0.6) is 0 Å². The predicted molar refractivity (Wildman–Crippen MR) is 47.1 cm³/mol. The van der Waals surface area contributed by atoms with Crippen LogP contribution in [0.3, 0.4) is 0 Å². The van der Waals surface area contributed by atoms with Crippen LogP contribution in [0.25, 0.3) is 0 Å². The van der Waals surface area contributed by atoms with Crippen molar-refractivity contribution in [2.75, 3.05) is 6.54 Å². The highest BCUT2D eigenvalue weighted by atomic mass is 16.3. The highest BCUT2D eigenvalue weighted by molar-refractivity contribution is 4.99. The van der Waals surface area contributed by atoms with Gasteiger partial charge in [0.25, 0.3) is 0 Å². The van der Waals surface area contributed by atoms with E-state index in [0.29, 0.717) is 12.5 Å². The molecule has 2 heteroatoms. The van der Waals surface area contributed by atoms with Crippen LogP contribution in [0.4, 0.5) is 0 Å². The number of nitrogens with zero attached hydrogens (tertiary/aromatic N) is 1. The van der Waals surface area contributed by atoms with E-state index < -0.39 is 0 Å². The van der Waals surface area contributed by atoms with Crippen molar-refractivity contribution < 1.29 is 0 Å². The summed E-state index contributed by atoms with van der Waals surface area (Å²) in [5, 5.41) is 2.75. The molecule has 11 heavy (non-hydrogen) atoms. The molecule has 0 unspecified atom stereocenters.